The van der Waals surface area contributed by atoms with Gasteiger partial charge in [-0.2, -0.15) is 5.26 Å². The van der Waals surface area contributed by atoms with E-state index in [9.17, 15) is 0 Å². The largest absolute Gasteiger partial charge is 0.383 e. The van der Waals surface area contributed by atoms with Crippen molar-refractivity contribution in [1.29, 1.82) is 5.26 Å². The summed E-state index contributed by atoms with van der Waals surface area (Å²) in [4.78, 5) is 2.39. The summed E-state index contributed by atoms with van der Waals surface area (Å²) in [7, 11) is 2.17. The van der Waals surface area contributed by atoms with Gasteiger partial charge >= 0.3 is 0 Å². The zero-order valence-electron chi connectivity index (χ0n) is 9.91. The van der Waals surface area contributed by atoms with Crippen molar-refractivity contribution in [2.75, 3.05) is 25.5 Å². The smallest absolute Gasteiger partial charge is 0.0992 e. The molecule has 0 saturated carbocycles. The molecule has 3 nitrogen and oxygen atoms in total. The van der Waals surface area contributed by atoms with Gasteiger partial charge in [-0.1, -0.05) is 15.9 Å². The number of likely N-dealkylation sites (tertiary alicyclic amines) is 1. The Hall–Kier alpha value is -1.05. The number of hydrogen-bond donors (Lipinski definition) is 1. The number of halogens is 1. The zero-order chi connectivity index (χ0) is 12.3. The van der Waals surface area contributed by atoms with Crippen molar-refractivity contribution >= 4 is 21.6 Å². The van der Waals surface area contributed by atoms with E-state index >= 15 is 0 Å². The lowest BCUT2D eigenvalue weighted by atomic mass is 10.2. The second-order valence-electron chi connectivity index (χ2n) is 4.50. The first-order valence-electron chi connectivity index (χ1n) is 5.84. The number of nitrogens with one attached hydrogen (secondary N) is 1. The van der Waals surface area contributed by atoms with Crippen LogP contribution in [0.5, 0.6) is 0 Å². The lowest BCUT2D eigenvalue weighted by molar-refractivity contribution is 0.322. The molecule has 1 aromatic rings. The summed E-state index contributed by atoms with van der Waals surface area (Å²) < 4.78 is 0.943. The Bertz CT molecular complexity index is 439. The fourth-order valence-corrected chi connectivity index (χ4v) is 2.72. The van der Waals surface area contributed by atoms with Crippen LogP contribution in [-0.2, 0) is 0 Å². The second-order valence-corrected chi connectivity index (χ2v) is 5.41. The van der Waals surface area contributed by atoms with Crippen molar-refractivity contribution < 1.29 is 0 Å². The van der Waals surface area contributed by atoms with Gasteiger partial charge in [0.05, 0.1) is 11.6 Å². The number of likely N-dealkylation sites (N-methyl/N-ethyl adjacent to an activating group) is 1. The molecule has 2 rings (SSSR count). The van der Waals surface area contributed by atoms with Crippen molar-refractivity contribution in [3.63, 3.8) is 0 Å². The van der Waals surface area contributed by atoms with Gasteiger partial charge in [0.2, 0.25) is 0 Å². The molecule has 1 saturated heterocycles. The highest BCUT2D eigenvalue weighted by molar-refractivity contribution is 9.10. The quantitative estimate of drug-likeness (QED) is 0.931. The zero-order valence-corrected chi connectivity index (χ0v) is 11.5. The molecule has 1 aromatic carbocycles. The van der Waals surface area contributed by atoms with E-state index in [1.54, 1.807) is 0 Å². The monoisotopic (exact) mass is 293 g/mol. The molecular weight excluding hydrogens is 278 g/mol. The van der Waals surface area contributed by atoms with Gasteiger partial charge < -0.3 is 10.2 Å². The number of nitriles is 1. The average molecular weight is 294 g/mol. The minimum Gasteiger partial charge on any atom is -0.383 e. The molecule has 17 heavy (non-hydrogen) atoms. The van der Waals surface area contributed by atoms with Crippen molar-refractivity contribution in [1.82, 2.24) is 4.90 Å². The highest BCUT2D eigenvalue weighted by atomic mass is 79.9. The van der Waals surface area contributed by atoms with Gasteiger partial charge in [0.25, 0.3) is 0 Å². The predicted molar refractivity (Wildman–Crippen MR) is 73.0 cm³/mol. The highest BCUT2D eigenvalue weighted by Gasteiger charge is 2.20. The number of anilines is 1. The molecule has 1 heterocycles. The minimum absolute atomic E-state index is 0.611. The van der Waals surface area contributed by atoms with Gasteiger partial charge in [0.1, 0.15) is 0 Å². The van der Waals surface area contributed by atoms with E-state index in [0.717, 1.165) is 16.7 Å². The average Bonchev–Trinajstić information content (AvgIpc) is 2.71. The standard InChI is InChI=1S/C13H16BrN3/c1-17-4-2-3-13(17)9-16-12-6-10(8-15)5-11(14)7-12/h5-7,13,16H,2-4,9H2,1H3. The number of benzene rings is 1. The molecule has 1 aliphatic heterocycles. The van der Waals surface area contributed by atoms with E-state index in [2.05, 4.69) is 39.3 Å². The molecule has 4 heteroatoms. The molecule has 1 N–H and O–H groups in total. The van der Waals surface area contributed by atoms with Crippen LogP contribution in [0.25, 0.3) is 0 Å². The summed E-state index contributed by atoms with van der Waals surface area (Å²) in [6.07, 6.45) is 2.54. The van der Waals surface area contributed by atoms with Crippen LogP contribution in [0.15, 0.2) is 22.7 Å². The molecule has 1 atom stereocenters. The minimum atomic E-state index is 0.611. The molecule has 1 aliphatic rings. The van der Waals surface area contributed by atoms with Crippen LogP contribution in [0.3, 0.4) is 0 Å². The van der Waals surface area contributed by atoms with Crippen LogP contribution >= 0.6 is 15.9 Å². The lowest BCUT2D eigenvalue weighted by Crippen LogP contribution is -2.31. The first kappa shape index (κ1) is 12.4. The fraction of sp³-hybridized carbons (Fsp3) is 0.462. The van der Waals surface area contributed by atoms with Crippen LogP contribution in [-0.4, -0.2) is 31.1 Å². The Kier molecular flexibility index (Phi) is 4.03. The SMILES string of the molecule is CN1CCCC1CNc1cc(Br)cc(C#N)c1. The molecule has 90 valence electrons. The van der Waals surface area contributed by atoms with E-state index in [-0.39, 0.29) is 0 Å². The van der Waals surface area contributed by atoms with E-state index in [1.807, 2.05) is 18.2 Å². The van der Waals surface area contributed by atoms with Gasteiger partial charge in [-0.15, -0.1) is 0 Å². The molecule has 1 unspecified atom stereocenters. The molecular formula is C13H16BrN3. The Morgan fingerprint density at radius 2 is 2.35 bits per heavy atom. The van der Waals surface area contributed by atoms with Crippen LogP contribution in [0.2, 0.25) is 0 Å². The van der Waals surface area contributed by atoms with Crippen LogP contribution in [0, 0.1) is 11.3 Å². The molecule has 0 aromatic heterocycles. The maximum Gasteiger partial charge on any atom is 0.0992 e. The van der Waals surface area contributed by atoms with E-state index in [0.29, 0.717) is 11.6 Å². The summed E-state index contributed by atoms with van der Waals surface area (Å²) in [5, 5.41) is 12.3. The molecule has 1 fully saturated rings. The number of nitrogens with zero attached hydrogens (tertiary/aromatic N) is 2. The Balaban J connectivity index is 1.99. The summed E-state index contributed by atoms with van der Waals surface area (Å²) in [5.74, 6) is 0. The first-order chi connectivity index (χ1) is 8.19. The Labute approximate surface area is 111 Å². The van der Waals surface area contributed by atoms with E-state index in [1.165, 1.54) is 19.4 Å². The Morgan fingerprint density at radius 3 is 3.00 bits per heavy atom. The van der Waals surface area contributed by atoms with Gasteiger partial charge in [-0.05, 0) is 44.6 Å². The summed E-state index contributed by atoms with van der Waals surface area (Å²) in [5.41, 5.74) is 1.69. The fourth-order valence-electron chi connectivity index (χ4n) is 2.23. The van der Waals surface area contributed by atoms with Gasteiger partial charge in [-0.25, -0.2) is 0 Å². The molecule has 0 spiro atoms. The first-order valence-corrected chi connectivity index (χ1v) is 6.63. The molecule has 0 aliphatic carbocycles. The second kappa shape index (κ2) is 5.52. The normalized spacial score (nSPS) is 20.2. The Morgan fingerprint density at radius 1 is 1.53 bits per heavy atom. The third-order valence-electron chi connectivity index (χ3n) is 3.24. The van der Waals surface area contributed by atoms with Crippen molar-refractivity contribution in [2.45, 2.75) is 18.9 Å². The van der Waals surface area contributed by atoms with Crippen LogP contribution < -0.4 is 5.32 Å². The van der Waals surface area contributed by atoms with Gasteiger partial charge in [-0.3, -0.25) is 0 Å². The molecule has 0 radical (unpaired) electrons. The van der Waals surface area contributed by atoms with E-state index < -0.39 is 0 Å². The number of hydrogen-bond acceptors (Lipinski definition) is 3. The third kappa shape index (κ3) is 3.21. The van der Waals surface area contributed by atoms with Crippen LogP contribution in [0.4, 0.5) is 5.69 Å². The summed E-state index contributed by atoms with van der Waals surface area (Å²) >= 11 is 3.42. The van der Waals surface area contributed by atoms with Gasteiger partial charge in [0, 0.05) is 22.7 Å². The van der Waals surface area contributed by atoms with E-state index in [4.69, 9.17) is 5.26 Å². The maximum absolute atomic E-state index is 8.90. The highest BCUT2D eigenvalue weighted by Crippen LogP contribution is 2.20. The molecule has 0 bridgehead atoms. The van der Waals surface area contributed by atoms with Crippen molar-refractivity contribution in [3.05, 3.63) is 28.2 Å². The topological polar surface area (TPSA) is 39.1 Å². The lowest BCUT2D eigenvalue weighted by Gasteiger charge is -2.20. The number of rotatable bonds is 3. The third-order valence-corrected chi connectivity index (χ3v) is 3.70. The van der Waals surface area contributed by atoms with Gasteiger partial charge in [0.15, 0.2) is 0 Å². The maximum atomic E-state index is 8.90. The molecule has 0 amide bonds. The van der Waals surface area contributed by atoms with Crippen LogP contribution in [0.1, 0.15) is 18.4 Å². The predicted octanol–water partition coefficient (Wildman–Crippen LogP) is 2.83. The summed E-state index contributed by atoms with van der Waals surface area (Å²) in [6.45, 7) is 2.13. The van der Waals surface area contributed by atoms with Crippen molar-refractivity contribution in [2.24, 2.45) is 0 Å². The van der Waals surface area contributed by atoms with Crippen molar-refractivity contribution in [3.8, 4) is 6.07 Å². The summed E-state index contributed by atoms with van der Waals surface area (Å²) in [6, 6.07) is 8.50.